The highest BCUT2D eigenvalue weighted by Crippen LogP contribution is 2.25. The van der Waals surface area contributed by atoms with Crippen molar-refractivity contribution in [2.45, 2.75) is 6.92 Å². The minimum atomic E-state index is -0.637. The Hall–Kier alpha value is -3.39. The highest BCUT2D eigenvalue weighted by molar-refractivity contribution is 7.13. The first-order valence-electron chi connectivity index (χ1n) is 7.80. The molecule has 0 fully saturated rings. The van der Waals surface area contributed by atoms with E-state index in [2.05, 4.69) is 20.6 Å². The van der Waals surface area contributed by atoms with E-state index < -0.39 is 11.7 Å². The molecule has 0 saturated heterocycles. The predicted molar refractivity (Wildman–Crippen MR) is 98.8 cm³/mol. The van der Waals surface area contributed by atoms with Crippen LogP contribution in [0, 0.1) is 0 Å². The number of nitrogens with zero attached hydrogens (tertiary/aromatic N) is 4. The van der Waals surface area contributed by atoms with Crippen LogP contribution in [0.3, 0.4) is 0 Å². The minimum absolute atomic E-state index is 0.532. The Balaban J connectivity index is 1.67. The van der Waals surface area contributed by atoms with Gasteiger partial charge >= 0.3 is 0 Å². The average molecular weight is 363 g/mol. The second kappa shape index (κ2) is 6.49. The third-order valence-electron chi connectivity index (χ3n) is 3.76. The van der Waals surface area contributed by atoms with E-state index >= 15 is 0 Å². The van der Waals surface area contributed by atoms with Crippen LogP contribution >= 0.6 is 11.3 Å². The number of carbonyl (C=O) groups excluding carboxylic acids is 2. The zero-order chi connectivity index (χ0) is 18.1. The fraction of sp³-hybridized carbons (Fsp3) is 0.0556. The smallest absolute Gasteiger partial charge is 0.291 e. The Morgan fingerprint density at radius 2 is 1.85 bits per heavy atom. The van der Waals surface area contributed by atoms with Gasteiger partial charge in [0.1, 0.15) is 0 Å². The Morgan fingerprint density at radius 3 is 2.54 bits per heavy atom. The van der Waals surface area contributed by atoms with Crippen LogP contribution in [0.25, 0.3) is 27.6 Å². The monoisotopic (exact) mass is 363 g/mol. The van der Waals surface area contributed by atoms with Crippen molar-refractivity contribution in [1.82, 2.24) is 19.8 Å². The Kier molecular flexibility index (Phi) is 4.02. The number of anilines is 1. The number of thiophene rings is 1. The highest BCUT2D eigenvalue weighted by atomic mass is 32.1. The van der Waals surface area contributed by atoms with Crippen LogP contribution in [0.5, 0.6) is 0 Å². The molecule has 1 N–H and O–H groups in total. The first kappa shape index (κ1) is 16.1. The molecule has 3 heterocycles. The minimum Gasteiger partial charge on any atom is -0.319 e. The molecular weight excluding hydrogens is 350 g/mol. The molecule has 0 unspecified atom stereocenters. The zero-order valence-corrected chi connectivity index (χ0v) is 14.5. The van der Waals surface area contributed by atoms with Gasteiger partial charge in [0.2, 0.25) is 5.78 Å². The number of carbonyl (C=O) groups is 2. The normalized spacial score (nSPS) is 10.8. The van der Waals surface area contributed by atoms with Gasteiger partial charge in [-0.25, -0.2) is 0 Å². The summed E-state index contributed by atoms with van der Waals surface area (Å²) < 4.78 is 1.71. The van der Waals surface area contributed by atoms with Crippen molar-refractivity contribution in [3.8, 4) is 22.0 Å². The van der Waals surface area contributed by atoms with E-state index in [1.807, 2.05) is 41.8 Å². The number of nitrogens with one attached hydrogen (secondary N) is 1. The van der Waals surface area contributed by atoms with Crippen LogP contribution in [-0.4, -0.2) is 31.5 Å². The standard InChI is InChI=1S/C18H13N5O2S/c1-11(24)18(25)19-13-6-4-12(5-7-13)14-8-9-16-20-21-17(23(16)22-14)15-3-2-10-26-15/h2-10H,1H3,(H,19,25). The molecule has 3 aromatic heterocycles. The molecular formula is C18H13N5O2S. The summed E-state index contributed by atoms with van der Waals surface area (Å²) >= 11 is 1.58. The Morgan fingerprint density at radius 1 is 1.04 bits per heavy atom. The average Bonchev–Trinajstić information content (AvgIpc) is 3.31. The summed E-state index contributed by atoms with van der Waals surface area (Å²) in [4.78, 5) is 23.5. The van der Waals surface area contributed by atoms with Gasteiger partial charge in [0.15, 0.2) is 11.5 Å². The number of amides is 1. The fourth-order valence-electron chi connectivity index (χ4n) is 2.45. The van der Waals surface area contributed by atoms with E-state index in [1.54, 1.807) is 28.0 Å². The van der Waals surface area contributed by atoms with Gasteiger partial charge in [-0.3, -0.25) is 9.59 Å². The number of rotatable bonds is 4. The number of Topliss-reactive ketones (excluding diaryl/α,β-unsaturated/α-hetero) is 1. The van der Waals surface area contributed by atoms with Crippen molar-refractivity contribution in [1.29, 1.82) is 0 Å². The van der Waals surface area contributed by atoms with Crippen molar-refractivity contribution >= 4 is 34.4 Å². The molecule has 0 radical (unpaired) electrons. The summed E-state index contributed by atoms with van der Waals surface area (Å²) in [7, 11) is 0. The van der Waals surface area contributed by atoms with E-state index in [4.69, 9.17) is 0 Å². The summed E-state index contributed by atoms with van der Waals surface area (Å²) in [6.07, 6.45) is 0. The van der Waals surface area contributed by atoms with Crippen molar-refractivity contribution in [2.24, 2.45) is 0 Å². The molecule has 0 spiro atoms. The van der Waals surface area contributed by atoms with E-state index in [0.29, 0.717) is 17.2 Å². The summed E-state index contributed by atoms with van der Waals surface area (Å²) in [5, 5.41) is 17.5. The third kappa shape index (κ3) is 2.98. The number of hydrogen-bond donors (Lipinski definition) is 1. The molecule has 0 bridgehead atoms. The molecule has 8 heteroatoms. The van der Waals surface area contributed by atoms with E-state index in [0.717, 1.165) is 16.1 Å². The molecule has 128 valence electrons. The first-order chi connectivity index (χ1) is 12.6. The molecule has 1 amide bonds. The Labute approximate surface area is 152 Å². The van der Waals surface area contributed by atoms with Gasteiger partial charge in [0.25, 0.3) is 5.91 Å². The van der Waals surface area contributed by atoms with Crippen molar-refractivity contribution in [2.75, 3.05) is 5.32 Å². The second-order valence-corrected chi connectivity index (χ2v) is 6.52. The first-order valence-corrected chi connectivity index (χ1v) is 8.68. The lowest BCUT2D eigenvalue weighted by Gasteiger charge is -2.05. The summed E-state index contributed by atoms with van der Waals surface area (Å²) in [6.45, 7) is 1.23. The van der Waals surface area contributed by atoms with Gasteiger partial charge in [-0.1, -0.05) is 18.2 Å². The van der Waals surface area contributed by atoms with Gasteiger partial charge in [-0.15, -0.1) is 21.5 Å². The van der Waals surface area contributed by atoms with Gasteiger partial charge in [0.05, 0.1) is 10.6 Å². The molecule has 7 nitrogen and oxygen atoms in total. The summed E-state index contributed by atoms with van der Waals surface area (Å²) in [6, 6.07) is 14.8. The van der Waals surface area contributed by atoms with Crippen LogP contribution in [-0.2, 0) is 9.59 Å². The van der Waals surface area contributed by atoms with Crippen LogP contribution in [0.2, 0.25) is 0 Å². The SMILES string of the molecule is CC(=O)C(=O)Nc1ccc(-c2ccc3nnc(-c4cccs4)n3n2)cc1. The van der Waals surface area contributed by atoms with Gasteiger partial charge in [-0.2, -0.15) is 9.61 Å². The fourth-order valence-corrected chi connectivity index (χ4v) is 3.14. The van der Waals surface area contributed by atoms with E-state index in [1.165, 1.54) is 6.92 Å². The van der Waals surface area contributed by atoms with E-state index in [-0.39, 0.29) is 0 Å². The lowest BCUT2D eigenvalue weighted by atomic mass is 10.1. The molecule has 0 aliphatic carbocycles. The predicted octanol–water partition coefficient (Wildman–Crippen LogP) is 3.05. The Bertz CT molecular complexity index is 1100. The zero-order valence-electron chi connectivity index (χ0n) is 13.7. The quantitative estimate of drug-likeness (QED) is 0.563. The number of benzene rings is 1. The molecule has 4 aromatic rings. The number of aromatic nitrogens is 4. The maximum absolute atomic E-state index is 11.4. The molecule has 0 aliphatic heterocycles. The summed E-state index contributed by atoms with van der Waals surface area (Å²) in [5.41, 5.74) is 2.85. The molecule has 0 aliphatic rings. The second-order valence-electron chi connectivity index (χ2n) is 5.58. The van der Waals surface area contributed by atoms with Crippen molar-refractivity contribution in [3.05, 3.63) is 53.9 Å². The molecule has 0 atom stereocenters. The topological polar surface area (TPSA) is 89.2 Å². The number of fused-ring (bicyclic) bond motifs is 1. The van der Waals surface area contributed by atoms with Crippen LogP contribution in [0.4, 0.5) is 5.69 Å². The number of ketones is 1. The van der Waals surface area contributed by atoms with Crippen LogP contribution in [0.1, 0.15) is 6.92 Å². The molecule has 4 rings (SSSR count). The summed E-state index contributed by atoms with van der Waals surface area (Å²) in [5.74, 6) is -0.473. The van der Waals surface area contributed by atoms with Gasteiger partial charge in [-0.05, 0) is 35.7 Å². The largest absolute Gasteiger partial charge is 0.319 e. The van der Waals surface area contributed by atoms with Crippen molar-refractivity contribution in [3.63, 3.8) is 0 Å². The van der Waals surface area contributed by atoms with Crippen molar-refractivity contribution < 1.29 is 9.59 Å². The maximum atomic E-state index is 11.4. The maximum Gasteiger partial charge on any atom is 0.291 e. The highest BCUT2D eigenvalue weighted by Gasteiger charge is 2.12. The van der Waals surface area contributed by atoms with Gasteiger partial charge < -0.3 is 5.32 Å². The lowest BCUT2D eigenvalue weighted by Crippen LogP contribution is -2.19. The number of hydrogen-bond acceptors (Lipinski definition) is 6. The third-order valence-corrected chi connectivity index (χ3v) is 4.63. The molecule has 0 saturated carbocycles. The lowest BCUT2D eigenvalue weighted by molar-refractivity contribution is -0.133. The van der Waals surface area contributed by atoms with E-state index in [9.17, 15) is 9.59 Å². The van der Waals surface area contributed by atoms with Crippen LogP contribution < -0.4 is 5.32 Å². The molecule has 1 aromatic carbocycles. The van der Waals surface area contributed by atoms with Crippen LogP contribution in [0.15, 0.2) is 53.9 Å². The van der Waals surface area contributed by atoms with Gasteiger partial charge in [0, 0.05) is 18.2 Å². The molecule has 26 heavy (non-hydrogen) atoms.